The quantitative estimate of drug-likeness (QED) is 0.440. The van der Waals surface area contributed by atoms with Crippen molar-refractivity contribution in [2.75, 3.05) is 36.4 Å². The number of thiophene rings is 1. The van der Waals surface area contributed by atoms with Crippen molar-refractivity contribution in [1.82, 2.24) is 10.2 Å². The number of hydrogen-bond acceptors (Lipinski definition) is 6. The van der Waals surface area contributed by atoms with Gasteiger partial charge < -0.3 is 19.5 Å². The van der Waals surface area contributed by atoms with E-state index < -0.39 is 0 Å². The second kappa shape index (κ2) is 10.3. The Morgan fingerprint density at radius 2 is 1.81 bits per heavy atom. The van der Waals surface area contributed by atoms with Gasteiger partial charge in [-0.15, -0.1) is 11.3 Å². The van der Waals surface area contributed by atoms with Gasteiger partial charge in [-0.3, -0.25) is 14.9 Å². The molecule has 0 spiro atoms. The Labute approximate surface area is 195 Å². The molecule has 0 bridgehead atoms. The van der Waals surface area contributed by atoms with Crippen LogP contribution >= 0.6 is 23.6 Å². The van der Waals surface area contributed by atoms with Gasteiger partial charge in [-0.2, -0.15) is 0 Å². The van der Waals surface area contributed by atoms with Gasteiger partial charge in [0.05, 0.1) is 11.1 Å². The Kier molecular flexibility index (Phi) is 6.98. The summed E-state index contributed by atoms with van der Waals surface area (Å²) >= 11 is 6.69. The van der Waals surface area contributed by atoms with E-state index in [2.05, 4.69) is 15.5 Å². The molecule has 1 fully saturated rings. The number of hydrogen-bond donors (Lipinski definition) is 2. The molecule has 0 saturated carbocycles. The monoisotopic (exact) mass is 466 g/mol. The third kappa shape index (κ3) is 5.63. The molecule has 3 heterocycles. The minimum Gasteiger partial charge on any atom is -0.465 e. The number of furan rings is 1. The van der Waals surface area contributed by atoms with Crippen molar-refractivity contribution in [3.05, 3.63) is 76.9 Å². The van der Waals surface area contributed by atoms with Crippen molar-refractivity contribution >= 4 is 57.9 Å². The standard InChI is InChI=1S/C23H22N4O3S2/c28-21(10-9-19-3-1-15-30-19)25-23(31)24-17-5-7-18(8-6-17)26-11-13-27(14-12-26)22(29)20-4-2-16-32-20/h1-10,15-16H,11-14H2,(H2,24,25,28,31). The predicted molar refractivity (Wildman–Crippen MR) is 131 cm³/mol. The van der Waals surface area contributed by atoms with E-state index in [4.69, 9.17) is 16.6 Å². The number of amides is 2. The van der Waals surface area contributed by atoms with E-state index >= 15 is 0 Å². The third-order valence-corrected chi connectivity index (χ3v) is 6.03. The molecule has 164 valence electrons. The van der Waals surface area contributed by atoms with Crippen LogP contribution in [-0.4, -0.2) is 48.0 Å². The van der Waals surface area contributed by atoms with Crippen LogP contribution in [0.25, 0.3) is 6.08 Å². The largest absolute Gasteiger partial charge is 0.465 e. The molecule has 2 aromatic heterocycles. The maximum absolute atomic E-state index is 12.5. The van der Waals surface area contributed by atoms with Crippen LogP contribution in [0.1, 0.15) is 15.4 Å². The maximum atomic E-state index is 12.5. The molecule has 0 aliphatic carbocycles. The fourth-order valence-corrected chi connectivity index (χ4v) is 4.25. The number of thiocarbonyl (C=S) groups is 1. The normalized spacial score (nSPS) is 13.9. The summed E-state index contributed by atoms with van der Waals surface area (Å²) in [5.41, 5.74) is 1.86. The summed E-state index contributed by atoms with van der Waals surface area (Å²) in [7, 11) is 0. The molecular formula is C23H22N4O3S2. The molecule has 9 heteroatoms. The molecule has 1 saturated heterocycles. The molecule has 2 amide bonds. The van der Waals surface area contributed by atoms with Gasteiger partial charge in [0.15, 0.2) is 5.11 Å². The molecule has 32 heavy (non-hydrogen) atoms. The average molecular weight is 467 g/mol. The Morgan fingerprint density at radius 3 is 2.47 bits per heavy atom. The fraction of sp³-hybridized carbons (Fsp3) is 0.174. The molecule has 2 N–H and O–H groups in total. The van der Waals surface area contributed by atoms with Crippen molar-refractivity contribution in [3.8, 4) is 0 Å². The number of piperazine rings is 1. The van der Waals surface area contributed by atoms with E-state index in [0.29, 0.717) is 18.8 Å². The zero-order valence-corrected chi connectivity index (χ0v) is 18.8. The number of nitrogens with one attached hydrogen (secondary N) is 2. The summed E-state index contributed by atoms with van der Waals surface area (Å²) in [5.74, 6) is 0.352. The highest BCUT2D eigenvalue weighted by Gasteiger charge is 2.22. The zero-order valence-electron chi connectivity index (χ0n) is 17.2. The molecular weight excluding hydrogens is 444 g/mol. The third-order valence-electron chi connectivity index (χ3n) is 4.97. The van der Waals surface area contributed by atoms with Crippen LogP contribution in [0, 0.1) is 0 Å². The number of rotatable bonds is 5. The van der Waals surface area contributed by atoms with E-state index in [1.165, 1.54) is 23.7 Å². The minimum absolute atomic E-state index is 0.105. The van der Waals surface area contributed by atoms with Gasteiger partial charge in [0.25, 0.3) is 5.91 Å². The lowest BCUT2D eigenvalue weighted by atomic mass is 10.2. The molecule has 4 rings (SSSR count). The Balaban J connectivity index is 1.25. The minimum atomic E-state index is -0.342. The van der Waals surface area contributed by atoms with Gasteiger partial charge >= 0.3 is 0 Å². The van der Waals surface area contributed by atoms with Crippen LogP contribution in [0.2, 0.25) is 0 Å². The zero-order chi connectivity index (χ0) is 22.3. The van der Waals surface area contributed by atoms with Crippen molar-refractivity contribution in [2.24, 2.45) is 0 Å². The molecule has 1 aliphatic rings. The van der Waals surface area contributed by atoms with Gasteiger partial charge in [-0.25, -0.2) is 0 Å². The summed E-state index contributed by atoms with van der Waals surface area (Å²) in [4.78, 5) is 29.4. The Hall–Kier alpha value is -3.43. The first-order valence-electron chi connectivity index (χ1n) is 10.1. The van der Waals surface area contributed by atoms with Gasteiger partial charge in [0.2, 0.25) is 5.91 Å². The summed E-state index contributed by atoms with van der Waals surface area (Å²) < 4.78 is 5.14. The van der Waals surface area contributed by atoms with E-state index in [1.54, 1.807) is 18.2 Å². The molecule has 1 aromatic carbocycles. The second-order valence-corrected chi connectivity index (χ2v) is 8.45. The van der Waals surface area contributed by atoms with E-state index in [-0.39, 0.29) is 16.9 Å². The van der Waals surface area contributed by atoms with Crippen molar-refractivity contribution < 1.29 is 14.0 Å². The smallest absolute Gasteiger partial charge is 0.264 e. The van der Waals surface area contributed by atoms with Crippen LogP contribution in [-0.2, 0) is 4.79 Å². The van der Waals surface area contributed by atoms with Gasteiger partial charge in [-0.05, 0) is 66.1 Å². The van der Waals surface area contributed by atoms with Gasteiger partial charge in [0, 0.05) is 43.6 Å². The SMILES string of the molecule is O=C(C=Cc1ccco1)NC(=S)Nc1ccc(N2CCN(C(=O)c3cccs3)CC2)cc1. The van der Waals surface area contributed by atoms with Crippen LogP contribution in [0.15, 0.2) is 70.7 Å². The molecule has 0 unspecified atom stereocenters. The van der Waals surface area contributed by atoms with E-state index in [1.807, 2.05) is 46.7 Å². The summed E-state index contributed by atoms with van der Waals surface area (Å²) in [6.45, 7) is 2.94. The van der Waals surface area contributed by atoms with Crippen LogP contribution in [0.3, 0.4) is 0 Å². The summed E-state index contributed by atoms with van der Waals surface area (Å²) in [6.07, 6.45) is 4.47. The first-order chi connectivity index (χ1) is 15.6. The maximum Gasteiger partial charge on any atom is 0.264 e. The van der Waals surface area contributed by atoms with Crippen LogP contribution < -0.4 is 15.5 Å². The Bertz CT molecular complexity index is 1080. The lowest BCUT2D eigenvalue weighted by molar-refractivity contribution is -0.115. The highest BCUT2D eigenvalue weighted by atomic mass is 32.1. The number of carbonyl (C=O) groups excluding carboxylic acids is 2. The topological polar surface area (TPSA) is 77.8 Å². The van der Waals surface area contributed by atoms with E-state index in [0.717, 1.165) is 29.3 Å². The summed E-state index contributed by atoms with van der Waals surface area (Å²) in [6, 6.07) is 15.1. The lowest BCUT2D eigenvalue weighted by Crippen LogP contribution is -2.48. The molecule has 0 atom stereocenters. The van der Waals surface area contributed by atoms with Gasteiger partial charge in [-0.1, -0.05) is 6.07 Å². The number of carbonyl (C=O) groups is 2. The van der Waals surface area contributed by atoms with Crippen molar-refractivity contribution in [1.29, 1.82) is 0 Å². The Morgan fingerprint density at radius 1 is 1.03 bits per heavy atom. The lowest BCUT2D eigenvalue weighted by Gasteiger charge is -2.36. The first kappa shape index (κ1) is 21.8. The highest BCUT2D eigenvalue weighted by molar-refractivity contribution is 7.80. The van der Waals surface area contributed by atoms with E-state index in [9.17, 15) is 9.59 Å². The van der Waals surface area contributed by atoms with Crippen LogP contribution in [0.5, 0.6) is 0 Å². The van der Waals surface area contributed by atoms with Gasteiger partial charge in [0.1, 0.15) is 5.76 Å². The number of nitrogens with zero attached hydrogens (tertiary/aromatic N) is 2. The molecule has 3 aromatic rings. The number of anilines is 2. The molecule has 1 aliphatic heterocycles. The van der Waals surface area contributed by atoms with Crippen LogP contribution in [0.4, 0.5) is 11.4 Å². The highest BCUT2D eigenvalue weighted by Crippen LogP contribution is 2.21. The second-order valence-electron chi connectivity index (χ2n) is 7.10. The molecule has 0 radical (unpaired) electrons. The van der Waals surface area contributed by atoms with Crippen molar-refractivity contribution in [2.45, 2.75) is 0 Å². The fourth-order valence-electron chi connectivity index (χ4n) is 3.34. The average Bonchev–Trinajstić information content (AvgIpc) is 3.52. The predicted octanol–water partition coefficient (Wildman–Crippen LogP) is 3.83. The number of benzene rings is 1. The van der Waals surface area contributed by atoms with Crippen molar-refractivity contribution in [3.63, 3.8) is 0 Å². The first-order valence-corrected chi connectivity index (χ1v) is 11.4. The molecule has 7 nitrogen and oxygen atoms in total. The summed E-state index contributed by atoms with van der Waals surface area (Å²) in [5, 5.41) is 7.75.